The van der Waals surface area contributed by atoms with E-state index >= 15 is 0 Å². The largest absolute Gasteiger partial charge is 0.456 e. The fraction of sp³-hybridized carbons (Fsp3) is 0.0317. The van der Waals surface area contributed by atoms with E-state index in [4.69, 9.17) is 9.41 Å². The number of para-hydroxylation sites is 1. The second-order valence-electron chi connectivity index (χ2n) is 17.2. The molecule has 1 aromatic heterocycles. The SMILES string of the molecule is c1ccc(-c2ccc(-c3ccc(N(c4ccccc4)c4ccc5c(c4)oc4cccc(-c6ccc(C7NC(c8ccccc8-c8ccccc8)=NC(c8ccccc8)N7)cc6)c45)cc3)cc2)cc1. The first kappa shape index (κ1) is 40.7. The molecule has 2 N–H and O–H groups in total. The highest BCUT2D eigenvalue weighted by molar-refractivity contribution is 6.13. The van der Waals surface area contributed by atoms with Crippen LogP contribution < -0.4 is 15.5 Å². The molecule has 2 unspecified atom stereocenters. The predicted molar refractivity (Wildman–Crippen MR) is 281 cm³/mol. The maximum Gasteiger partial charge on any atom is 0.137 e. The number of hydrogen-bond donors (Lipinski definition) is 2. The summed E-state index contributed by atoms with van der Waals surface area (Å²) in [4.78, 5) is 7.56. The summed E-state index contributed by atoms with van der Waals surface area (Å²) in [6.45, 7) is 0. The van der Waals surface area contributed by atoms with Gasteiger partial charge in [0, 0.05) is 39.5 Å². The van der Waals surface area contributed by atoms with E-state index < -0.39 is 0 Å². The highest BCUT2D eigenvalue weighted by atomic mass is 16.3. The second kappa shape index (κ2) is 17.9. The van der Waals surface area contributed by atoms with Crippen LogP contribution in [0.25, 0.3) is 66.4 Å². The van der Waals surface area contributed by atoms with E-state index in [1.807, 2.05) is 6.07 Å². The average molecular weight is 875 g/mol. The number of anilines is 3. The van der Waals surface area contributed by atoms with Crippen molar-refractivity contribution in [2.75, 3.05) is 4.90 Å². The molecule has 11 aromatic rings. The Kier molecular flexibility index (Phi) is 10.7. The summed E-state index contributed by atoms with van der Waals surface area (Å²) in [5, 5.41) is 9.74. The molecular weight excluding hydrogens is 829 g/mol. The number of rotatable bonds is 10. The summed E-state index contributed by atoms with van der Waals surface area (Å²) in [6, 6.07) is 90.0. The summed E-state index contributed by atoms with van der Waals surface area (Å²) in [7, 11) is 0. The number of nitrogens with one attached hydrogen (secondary N) is 2. The molecule has 0 fully saturated rings. The smallest absolute Gasteiger partial charge is 0.137 e. The standard InChI is InChI=1S/C63H46N4O/c1-5-16-43(17-6-1)44-28-30-45(31-29-44)46-36-38-52(39-37-46)67(51-22-11-4-12-23-51)53-40-41-57-59(42-53)68-58-27-15-26-55(60(57)58)48-32-34-50(35-33-48)62-64-61(49-20-9-3-10-21-49)65-63(66-62)56-25-14-13-24-54(56)47-18-7-2-8-19-47/h1-42,61-62,64H,(H,65,66). The molecule has 0 bridgehead atoms. The Bertz CT molecular complexity index is 3530. The number of amidine groups is 1. The molecule has 10 aromatic carbocycles. The first-order valence-corrected chi connectivity index (χ1v) is 23.2. The third-order valence-corrected chi connectivity index (χ3v) is 13.0. The third kappa shape index (κ3) is 7.91. The van der Waals surface area contributed by atoms with Crippen molar-refractivity contribution in [3.63, 3.8) is 0 Å². The maximum absolute atomic E-state index is 6.70. The van der Waals surface area contributed by atoms with Crippen molar-refractivity contribution in [1.82, 2.24) is 10.6 Å². The fourth-order valence-corrected chi connectivity index (χ4v) is 9.59. The Balaban J connectivity index is 0.852. The zero-order valence-electron chi connectivity index (χ0n) is 37.2. The van der Waals surface area contributed by atoms with E-state index in [9.17, 15) is 0 Å². The highest BCUT2D eigenvalue weighted by Crippen LogP contribution is 2.42. The molecule has 324 valence electrons. The van der Waals surface area contributed by atoms with Crippen LogP contribution in [0.15, 0.2) is 264 Å². The van der Waals surface area contributed by atoms with Crippen molar-refractivity contribution < 1.29 is 4.42 Å². The third-order valence-electron chi connectivity index (χ3n) is 13.0. The van der Waals surface area contributed by atoms with Crippen LogP contribution in [0.3, 0.4) is 0 Å². The number of nitrogens with zero attached hydrogens (tertiary/aromatic N) is 2. The number of aliphatic imine (C=N–C) groups is 1. The number of furan rings is 1. The van der Waals surface area contributed by atoms with Crippen molar-refractivity contribution in [2.45, 2.75) is 12.3 Å². The molecule has 0 saturated carbocycles. The predicted octanol–water partition coefficient (Wildman–Crippen LogP) is 16.1. The summed E-state index contributed by atoms with van der Waals surface area (Å²) >= 11 is 0. The Hall–Kier alpha value is -8.77. The first-order chi connectivity index (χ1) is 33.7. The molecule has 0 aliphatic carbocycles. The van der Waals surface area contributed by atoms with E-state index in [0.717, 1.165) is 83.8 Å². The van der Waals surface area contributed by atoms with Gasteiger partial charge >= 0.3 is 0 Å². The molecule has 1 aliphatic heterocycles. The van der Waals surface area contributed by atoms with E-state index in [1.165, 1.54) is 22.3 Å². The zero-order valence-corrected chi connectivity index (χ0v) is 37.2. The van der Waals surface area contributed by atoms with Crippen LogP contribution in [-0.2, 0) is 0 Å². The van der Waals surface area contributed by atoms with E-state index in [1.54, 1.807) is 0 Å². The van der Waals surface area contributed by atoms with Crippen LogP contribution in [-0.4, -0.2) is 5.84 Å². The van der Waals surface area contributed by atoms with Crippen LogP contribution >= 0.6 is 0 Å². The number of fused-ring (bicyclic) bond motifs is 3. The van der Waals surface area contributed by atoms with Gasteiger partial charge in [0.2, 0.25) is 0 Å². The Morgan fingerprint density at radius 1 is 0.368 bits per heavy atom. The first-order valence-electron chi connectivity index (χ1n) is 23.2. The summed E-state index contributed by atoms with van der Waals surface area (Å²) < 4.78 is 6.70. The zero-order chi connectivity index (χ0) is 45.2. The lowest BCUT2D eigenvalue weighted by Crippen LogP contribution is -2.45. The van der Waals surface area contributed by atoms with Crippen molar-refractivity contribution in [2.24, 2.45) is 4.99 Å². The maximum atomic E-state index is 6.70. The molecule has 0 saturated heterocycles. The second-order valence-corrected chi connectivity index (χ2v) is 17.2. The van der Waals surface area contributed by atoms with Crippen LogP contribution in [0.2, 0.25) is 0 Å². The minimum atomic E-state index is -0.238. The van der Waals surface area contributed by atoms with Gasteiger partial charge in [0.1, 0.15) is 29.3 Å². The summed E-state index contributed by atoms with van der Waals surface area (Å²) in [5.41, 5.74) is 17.4. The van der Waals surface area contributed by atoms with Crippen molar-refractivity contribution in [3.8, 4) is 44.5 Å². The molecule has 2 atom stereocenters. The normalized spacial score (nSPS) is 14.6. The van der Waals surface area contributed by atoms with Crippen LogP contribution in [0.4, 0.5) is 17.1 Å². The summed E-state index contributed by atoms with van der Waals surface area (Å²) in [5.74, 6) is 0.855. The number of hydrogen-bond acceptors (Lipinski definition) is 5. The van der Waals surface area contributed by atoms with Crippen molar-refractivity contribution in [3.05, 3.63) is 271 Å². The Labute approximate surface area is 396 Å². The van der Waals surface area contributed by atoms with Gasteiger partial charge in [-0.05, 0) is 98.1 Å². The molecular formula is C63H46N4O. The molecule has 68 heavy (non-hydrogen) atoms. The van der Waals surface area contributed by atoms with E-state index in [0.29, 0.717) is 0 Å². The van der Waals surface area contributed by atoms with Crippen LogP contribution in [0, 0.1) is 0 Å². The van der Waals surface area contributed by atoms with Gasteiger partial charge in [0.15, 0.2) is 0 Å². The molecule has 2 heterocycles. The highest BCUT2D eigenvalue weighted by Gasteiger charge is 2.27. The minimum absolute atomic E-state index is 0.190. The van der Waals surface area contributed by atoms with Gasteiger partial charge in [-0.25, -0.2) is 4.99 Å². The topological polar surface area (TPSA) is 52.8 Å². The van der Waals surface area contributed by atoms with Gasteiger partial charge in [0.25, 0.3) is 0 Å². The van der Waals surface area contributed by atoms with Gasteiger partial charge in [0.05, 0.1) is 0 Å². The van der Waals surface area contributed by atoms with Crippen molar-refractivity contribution in [1.29, 1.82) is 0 Å². The van der Waals surface area contributed by atoms with Gasteiger partial charge in [-0.1, -0.05) is 206 Å². The molecule has 0 amide bonds. The van der Waals surface area contributed by atoms with Gasteiger partial charge < -0.3 is 14.6 Å². The fourth-order valence-electron chi connectivity index (χ4n) is 9.59. The van der Waals surface area contributed by atoms with Crippen LogP contribution in [0.1, 0.15) is 29.0 Å². The lowest BCUT2D eigenvalue weighted by atomic mass is 9.96. The molecule has 5 heteroatoms. The van der Waals surface area contributed by atoms with Crippen LogP contribution in [0.5, 0.6) is 0 Å². The summed E-state index contributed by atoms with van der Waals surface area (Å²) in [6.07, 6.45) is -0.428. The Morgan fingerprint density at radius 2 is 0.868 bits per heavy atom. The molecule has 1 aliphatic rings. The quantitative estimate of drug-likeness (QED) is 0.144. The molecule has 0 radical (unpaired) electrons. The average Bonchev–Trinajstić information content (AvgIpc) is 3.81. The molecule has 12 rings (SSSR count). The van der Waals surface area contributed by atoms with Gasteiger partial charge in [-0.3, -0.25) is 5.32 Å². The molecule has 5 nitrogen and oxygen atoms in total. The minimum Gasteiger partial charge on any atom is -0.456 e. The lowest BCUT2D eigenvalue weighted by molar-refractivity contribution is 0.409. The molecule has 0 spiro atoms. The van der Waals surface area contributed by atoms with Gasteiger partial charge in [-0.2, -0.15) is 0 Å². The van der Waals surface area contributed by atoms with Gasteiger partial charge in [-0.15, -0.1) is 0 Å². The van der Waals surface area contributed by atoms with E-state index in [2.05, 4.69) is 264 Å². The Morgan fingerprint density at radius 3 is 1.54 bits per heavy atom. The van der Waals surface area contributed by atoms with E-state index in [-0.39, 0.29) is 12.3 Å². The lowest BCUT2D eigenvalue weighted by Gasteiger charge is -2.32. The van der Waals surface area contributed by atoms with Crippen molar-refractivity contribution >= 4 is 44.8 Å². The monoisotopic (exact) mass is 874 g/mol. The number of benzene rings is 10.